The van der Waals surface area contributed by atoms with E-state index in [1.807, 2.05) is 9.80 Å². The van der Waals surface area contributed by atoms with E-state index in [1.54, 1.807) is 20.8 Å². The van der Waals surface area contributed by atoms with E-state index in [4.69, 9.17) is 15.2 Å². The maximum Gasteiger partial charge on any atom is 0.410 e. The van der Waals surface area contributed by atoms with E-state index in [2.05, 4.69) is 36.9 Å². The van der Waals surface area contributed by atoms with Crippen LogP contribution in [0.25, 0.3) is 11.4 Å². The first-order valence-electron chi connectivity index (χ1n) is 13.2. The van der Waals surface area contributed by atoms with E-state index in [0.29, 0.717) is 44.5 Å². The molecule has 2 N–H and O–H groups in total. The molecule has 16 heteroatoms. The van der Waals surface area contributed by atoms with Crippen LogP contribution in [-0.4, -0.2) is 126 Å². The quantitative estimate of drug-likeness (QED) is 0.491. The highest BCUT2D eigenvalue weighted by atomic mass is 19.3. The molecule has 0 aliphatic carbocycles. The van der Waals surface area contributed by atoms with Gasteiger partial charge in [0.25, 0.3) is 6.43 Å². The third-order valence-electron chi connectivity index (χ3n) is 6.03. The molecule has 2 saturated heterocycles. The summed E-state index contributed by atoms with van der Waals surface area (Å²) in [6.45, 7) is 10.9. The first-order valence-corrected chi connectivity index (χ1v) is 13.2. The van der Waals surface area contributed by atoms with Crippen LogP contribution in [0.5, 0.6) is 0 Å². The topological polar surface area (TPSA) is 156 Å². The molecule has 226 valence electrons. The highest BCUT2D eigenvalue weighted by Crippen LogP contribution is 2.29. The number of piperazine rings is 1. The zero-order chi connectivity index (χ0) is 30.2. The highest BCUT2D eigenvalue weighted by Gasteiger charge is 2.25. The Morgan fingerprint density at radius 2 is 1.66 bits per heavy atom. The monoisotopic (exact) mass is 580 g/mol. The Balaban J connectivity index is 0.000000327. The molecule has 2 fully saturated rings. The first kappa shape index (κ1) is 31.7. The van der Waals surface area contributed by atoms with Crippen LogP contribution < -0.4 is 15.5 Å². The number of carbonyl (C=O) groups is 2. The number of nitrogens with zero attached hydrogens (tertiary/aromatic N) is 9. The average molecular weight is 581 g/mol. The summed E-state index contributed by atoms with van der Waals surface area (Å²) in [6.07, 6.45) is -1.40. The fourth-order valence-corrected chi connectivity index (χ4v) is 3.80. The first-order chi connectivity index (χ1) is 19.4. The number of morpholine rings is 1. The molecule has 1 amide bonds. The van der Waals surface area contributed by atoms with Gasteiger partial charge < -0.3 is 39.6 Å². The summed E-state index contributed by atoms with van der Waals surface area (Å²) in [4.78, 5) is 49.7. The lowest BCUT2D eigenvalue weighted by atomic mass is 10.2. The van der Waals surface area contributed by atoms with Gasteiger partial charge in [-0.1, -0.05) is 0 Å². The summed E-state index contributed by atoms with van der Waals surface area (Å²) in [5, 5.41) is 0. The smallest absolute Gasteiger partial charge is 0.410 e. The van der Waals surface area contributed by atoms with Gasteiger partial charge in [-0.2, -0.15) is 15.0 Å². The second-order valence-corrected chi connectivity index (χ2v) is 10.5. The molecule has 2 aromatic rings. The Kier molecular flexibility index (Phi) is 11.0. The SMILES string of the molecule is CN(CC=O)C(=O)OC(C)(C)C.CN1CCN(c2nc(-c3cnc(N)nc3C(F)F)nc(N3CCOCC3)n2)CC1. The van der Waals surface area contributed by atoms with Crippen molar-refractivity contribution in [2.45, 2.75) is 32.8 Å². The molecule has 0 spiro atoms. The molecule has 0 saturated carbocycles. The van der Waals surface area contributed by atoms with Crippen LogP contribution >= 0.6 is 0 Å². The Morgan fingerprint density at radius 1 is 1.07 bits per heavy atom. The number of anilines is 3. The van der Waals surface area contributed by atoms with Gasteiger partial charge in [-0.25, -0.2) is 23.5 Å². The number of ether oxygens (including phenoxy) is 2. The summed E-state index contributed by atoms with van der Waals surface area (Å²) < 4.78 is 37.5. The van der Waals surface area contributed by atoms with Crippen LogP contribution in [0.1, 0.15) is 32.9 Å². The van der Waals surface area contributed by atoms with Crippen molar-refractivity contribution < 1.29 is 27.8 Å². The maximum atomic E-state index is 13.6. The summed E-state index contributed by atoms with van der Waals surface area (Å²) in [6, 6.07) is 0. The lowest BCUT2D eigenvalue weighted by Crippen LogP contribution is -2.45. The van der Waals surface area contributed by atoms with Gasteiger partial charge in [0.05, 0.1) is 25.3 Å². The van der Waals surface area contributed by atoms with E-state index in [1.165, 1.54) is 18.1 Å². The van der Waals surface area contributed by atoms with Gasteiger partial charge in [0, 0.05) is 52.5 Å². The maximum absolute atomic E-state index is 13.6. The van der Waals surface area contributed by atoms with Crippen LogP contribution in [0.15, 0.2) is 6.20 Å². The van der Waals surface area contributed by atoms with Crippen molar-refractivity contribution in [2.75, 3.05) is 88.7 Å². The van der Waals surface area contributed by atoms with Gasteiger partial charge in [0.15, 0.2) is 5.82 Å². The summed E-state index contributed by atoms with van der Waals surface area (Å²) in [7, 11) is 3.57. The van der Waals surface area contributed by atoms with Crippen molar-refractivity contribution in [2.24, 2.45) is 0 Å². The Hall–Kier alpha value is -3.79. The number of nitrogen functional groups attached to an aromatic ring is 1. The molecule has 0 unspecified atom stereocenters. The zero-order valence-corrected chi connectivity index (χ0v) is 24.1. The predicted molar refractivity (Wildman–Crippen MR) is 148 cm³/mol. The normalized spacial score (nSPS) is 16.2. The van der Waals surface area contributed by atoms with E-state index in [-0.39, 0.29) is 23.9 Å². The molecule has 0 radical (unpaired) electrons. The number of alkyl halides is 2. The second kappa shape index (κ2) is 14.2. The molecule has 14 nitrogen and oxygen atoms in total. The number of hydrogen-bond acceptors (Lipinski definition) is 13. The lowest BCUT2D eigenvalue weighted by Gasteiger charge is -2.33. The number of aldehydes is 1. The van der Waals surface area contributed by atoms with Crippen LogP contribution in [-0.2, 0) is 14.3 Å². The van der Waals surface area contributed by atoms with E-state index in [9.17, 15) is 18.4 Å². The third-order valence-corrected chi connectivity index (χ3v) is 6.03. The van der Waals surface area contributed by atoms with Crippen molar-refractivity contribution >= 4 is 30.2 Å². The van der Waals surface area contributed by atoms with Crippen molar-refractivity contribution in [3.63, 3.8) is 0 Å². The minimum Gasteiger partial charge on any atom is -0.444 e. The van der Waals surface area contributed by atoms with Crippen molar-refractivity contribution in [3.8, 4) is 11.4 Å². The minimum atomic E-state index is -2.83. The van der Waals surface area contributed by atoms with Gasteiger partial charge in [-0.05, 0) is 27.8 Å². The molecule has 41 heavy (non-hydrogen) atoms. The molecule has 2 aromatic heterocycles. The average Bonchev–Trinajstić information content (AvgIpc) is 2.93. The van der Waals surface area contributed by atoms with Crippen molar-refractivity contribution in [1.82, 2.24) is 34.7 Å². The molecule has 2 aliphatic rings. The predicted octanol–water partition coefficient (Wildman–Crippen LogP) is 1.49. The van der Waals surface area contributed by atoms with Crippen LogP contribution in [0, 0.1) is 0 Å². The summed E-state index contributed by atoms with van der Waals surface area (Å²) >= 11 is 0. The van der Waals surface area contributed by atoms with Crippen molar-refractivity contribution in [1.29, 1.82) is 0 Å². The number of hydrogen-bond donors (Lipinski definition) is 1. The molecule has 0 atom stereocenters. The number of halogens is 2. The fourth-order valence-electron chi connectivity index (χ4n) is 3.80. The van der Waals surface area contributed by atoms with Crippen LogP contribution in [0.2, 0.25) is 0 Å². The summed E-state index contributed by atoms with van der Waals surface area (Å²) in [5.74, 6) is 0.794. The fraction of sp³-hybridized carbons (Fsp3) is 0.640. The number of carbonyl (C=O) groups excluding carboxylic acids is 2. The van der Waals surface area contributed by atoms with E-state index in [0.717, 1.165) is 26.2 Å². The molecule has 4 heterocycles. The second-order valence-electron chi connectivity index (χ2n) is 10.5. The van der Waals surface area contributed by atoms with Gasteiger partial charge in [-0.3, -0.25) is 0 Å². The number of nitrogens with two attached hydrogens (primary N) is 1. The van der Waals surface area contributed by atoms with E-state index >= 15 is 0 Å². The zero-order valence-electron chi connectivity index (χ0n) is 24.1. The molecule has 2 aliphatic heterocycles. The van der Waals surface area contributed by atoms with Crippen LogP contribution in [0.4, 0.5) is 31.4 Å². The molecular formula is C25H38F2N10O4. The van der Waals surface area contributed by atoms with Gasteiger partial charge in [-0.15, -0.1) is 0 Å². The Morgan fingerprint density at radius 3 is 2.20 bits per heavy atom. The Bertz CT molecular complexity index is 1170. The largest absolute Gasteiger partial charge is 0.444 e. The van der Waals surface area contributed by atoms with E-state index < -0.39 is 23.8 Å². The molecule has 0 bridgehead atoms. The highest BCUT2D eigenvalue weighted by molar-refractivity contribution is 5.71. The van der Waals surface area contributed by atoms with Gasteiger partial charge >= 0.3 is 6.09 Å². The van der Waals surface area contributed by atoms with Gasteiger partial charge in [0.2, 0.25) is 17.8 Å². The minimum absolute atomic E-state index is 0.0569. The van der Waals surface area contributed by atoms with Crippen molar-refractivity contribution in [3.05, 3.63) is 11.9 Å². The number of rotatable bonds is 6. The Labute approximate surface area is 237 Å². The molecular weight excluding hydrogens is 542 g/mol. The molecule has 0 aromatic carbocycles. The third kappa shape index (κ3) is 9.38. The number of likely N-dealkylation sites (N-methyl/N-ethyl adjacent to an activating group) is 2. The summed E-state index contributed by atoms with van der Waals surface area (Å²) in [5.41, 5.74) is 4.57. The lowest BCUT2D eigenvalue weighted by molar-refractivity contribution is -0.108. The van der Waals surface area contributed by atoms with Crippen LogP contribution in [0.3, 0.4) is 0 Å². The standard InChI is InChI=1S/C17H23F2N9O.C8H15NO3/c1-26-2-4-27(5-3-26)16-23-14(11-10-21-15(20)22-12(11)13(18)19)24-17(25-16)28-6-8-29-9-7-28;1-8(2,3)12-7(11)9(4)5-6-10/h10,13H,2-9H2,1H3,(H2,20,21,22);6H,5H2,1-4H3. The number of amides is 1. The van der Waals surface area contributed by atoms with Gasteiger partial charge in [0.1, 0.15) is 17.6 Å². The molecule has 4 rings (SSSR count). The number of aromatic nitrogens is 5.